The molecule has 0 aliphatic heterocycles. The Morgan fingerprint density at radius 2 is 1.47 bits per heavy atom. The van der Waals surface area contributed by atoms with Gasteiger partial charge in [0.1, 0.15) is 11.5 Å². The maximum Gasteiger partial charge on any atom is 0.270 e. The van der Waals surface area contributed by atoms with Gasteiger partial charge in [-0.3, -0.25) is 4.79 Å². The summed E-state index contributed by atoms with van der Waals surface area (Å²) >= 11 is 0. The van der Waals surface area contributed by atoms with E-state index in [1.807, 2.05) is 68.4 Å². The van der Waals surface area contributed by atoms with Crippen molar-refractivity contribution in [1.82, 2.24) is 15.1 Å². The Kier molecular flexibility index (Phi) is 7.45. The van der Waals surface area contributed by atoms with Crippen molar-refractivity contribution in [3.8, 4) is 16.9 Å². The third-order valence-electron chi connectivity index (χ3n) is 6.81. The van der Waals surface area contributed by atoms with Crippen LogP contribution in [0.15, 0.2) is 109 Å². The van der Waals surface area contributed by atoms with Crippen molar-refractivity contribution in [2.75, 3.05) is 6.54 Å². The summed E-state index contributed by atoms with van der Waals surface area (Å²) in [4.78, 5) is 13.6. The van der Waals surface area contributed by atoms with Gasteiger partial charge in [-0.25, -0.2) is 9.07 Å². The summed E-state index contributed by atoms with van der Waals surface area (Å²) in [6, 6.07) is 34.8. The number of carbonyl (C=O) groups excluding carboxylic acids is 1. The Morgan fingerprint density at radius 1 is 0.842 bits per heavy atom. The fraction of sp³-hybridized carbons (Fsp3) is 0.152. The maximum atomic E-state index is 14.6. The largest absolute Gasteiger partial charge is 0.351 e. The van der Waals surface area contributed by atoms with Crippen molar-refractivity contribution in [3.63, 3.8) is 0 Å². The van der Waals surface area contributed by atoms with Crippen molar-refractivity contribution in [2.24, 2.45) is 0 Å². The standard InChI is InChI=1S/C33H30FN3O/c1-23-17-18-24(2)31(21-23)37-32(22-30(36-37)28-15-9-10-16-29(28)34)33(38)35-20-19-27(25-11-5-3-6-12-25)26-13-7-4-8-14-26/h3-18,21-22,27H,19-20H2,1-2H3,(H,35,38). The van der Waals surface area contributed by atoms with Crippen LogP contribution in [0.5, 0.6) is 0 Å². The molecule has 1 heterocycles. The number of nitrogens with zero attached hydrogens (tertiary/aromatic N) is 2. The van der Waals surface area contributed by atoms with Crippen molar-refractivity contribution in [1.29, 1.82) is 0 Å². The van der Waals surface area contributed by atoms with Crippen LogP contribution in [-0.2, 0) is 0 Å². The predicted molar refractivity (Wildman–Crippen MR) is 150 cm³/mol. The molecule has 1 aromatic heterocycles. The van der Waals surface area contributed by atoms with Crippen molar-refractivity contribution in [3.05, 3.63) is 143 Å². The van der Waals surface area contributed by atoms with Gasteiger partial charge in [-0.1, -0.05) is 84.9 Å². The highest BCUT2D eigenvalue weighted by Crippen LogP contribution is 2.28. The molecule has 38 heavy (non-hydrogen) atoms. The van der Waals surface area contributed by atoms with Crippen LogP contribution in [0.1, 0.15) is 45.1 Å². The summed E-state index contributed by atoms with van der Waals surface area (Å²) in [6.07, 6.45) is 0.734. The summed E-state index contributed by atoms with van der Waals surface area (Å²) in [5.74, 6) is -0.477. The molecule has 0 spiro atoms. The van der Waals surface area contributed by atoms with Crippen LogP contribution >= 0.6 is 0 Å². The Bertz CT molecular complexity index is 1500. The Morgan fingerprint density at radius 3 is 2.13 bits per heavy atom. The Hall–Kier alpha value is -4.51. The second-order valence-corrected chi connectivity index (χ2v) is 9.51. The molecule has 4 nitrogen and oxygen atoms in total. The van der Waals surface area contributed by atoms with Crippen LogP contribution in [0.25, 0.3) is 16.9 Å². The molecule has 1 N–H and O–H groups in total. The zero-order valence-electron chi connectivity index (χ0n) is 21.6. The van der Waals surface area contributed by atoms with Crippen molar-refractivity contribution >= 4 is 5.91 Å². The van der Waals surface area contributed by atoms with Crippen molar-refractivity contribution < 1.29 is 9.18 Å². The smallest absolute Gasteiger partial charge is 0.270 e. The lowest BCUT2D eigenvalue weighted by Gasteiger charge is -2.18. The molecule has 0 radical (unpaired) electrons. The molecule has 190 valence electrons. The molecule has 0 atom stereocenters. The predicted octanol–water partition coefficient (Wildman–Crippen LogP) is 7.25. The molecule has 0 saturated heterocycles. The summed E-state index contributed by atoms with van der Waals surface area (Å²) in [7, 11) is 0. The third-order valence-corrected chi connectivity index (χ3v) is 6.81. The topological polar surface area (TPSA) is 46.9 Å². The molecule has 0 fully saturated rings. The van der Waals surface area contributed by atoms with E-state index in [1.165, 1.54) is 17.2 Å². The third kappa shape index (κ3) is 5.42. The van der Waals surface area contributed by atoms with E-state index in [2.05, 4.69) is 34.7 Å². The number of amides is 1. The highest BCUT2D eigenvalue weighted by molar-refractivity contribution is 5.94. The van der Waals surface area contributed by atoms with E-state index >= 15 is 0 Å². The van der Waals surface area contributed by atoms with Crippen LogP contribution in [0.2, 0.25) is 0 Å². The van der Waals surface area contributed by atoms with E-state index in [0.29, 0.717) is 23.5 Å². The number of hydrogen-bond donors (Lipinski definition) is 1. The first-order valence-electron chi connectivity index (χ1n) is 12.8. The van der Waals surface area contributed by atoms with Crippen LogP contribution in [-0.4, -0.2) is 22.2 Å². The summed E-state index contributed by atoms with van der Waals surface area (Å²) < 4.78 is 16.3. The first-order chi connectivity index (χ1) is 18.5. The molecule has 5 rings (SSSR count). The molecule has 0 unspecified atom stereocenters. The van der Waals surface area contributed by atoms with Crippen LogP contribution in [0.4, 0.5) is 4.39 Å². The molecule has 4 aromatic carbocycles. The molecule has 0 aliphatic carbocycles. The first-order valence-corrected chi connectivity index (χ1v) is 12.8. The maximum absolute atomic E-state index is 14.6. The average Bonchev–Trinajstić information content (AvgIpc) is 3.39. The van der Waals surface area contributed by atoms with Crippen LogP contribution in [0.3, 0.4) is 0 Å². The Labute approximate surface area is 222 Å². The molecule has 1 amide bonds. The highest BCUT2D eigenvalue weighted by atomic mass is 19.1. The van der Waals surface area contributed by atoms with Gasteiger partial charge in [-0.2, -0.15) is 5.10 Å². The second kappa shape index (κ2) is 11.3. The molecular formula is C33H30FN3O. The van der Waals surface area contributed by atoms with E-state index in [0.717, 1.165) is 23.2 Å². The number of hydrogen-bond acceptors (Lipinski definition) is 2. The quantitative estimate of drug-likeness (QED) is 0.242. The van der Waals surface area contributed by atoms with E-state index in [-0.39, 0.29) is 17.6 Å². The minimum Gasteiger partial charge on any atom is -0.351 e. The number of aryl methyl sites for hydroxylation is 2. The fourth-order valence-corrected chi connectivity index (χ4v) is 4.79. The lowest BCUT2D eigenvalue weighted by molar-refractivity contribution is 0.0945. The average molecular weight is 504 g/mol. The number of halogens is 1. The SMILES string of the molecule is Cc1ccc(C)c(-n2nc(-c3ccccc3F)cc2C(=O)NCCC(c2ccccc2)c2ccccc2)c1. The number of carbonyl (C=O) groups is 1. The fourth-order valence-electron chi connectivity index (χ4n) is 4.79. The molecule has 5 aromatic rings. The number of aromatic nitrogens is 2. The van der Waals surface area contributed by atoms with Gasteiger partial charge >= 0.3 is 0 Å². The number of rotatable bonds is 8. The van der Waals surface area contributed by atoms with Gasteiger partial charge in [-0.05, 0) is 66.8 Å². The Balaban J connectivity index is 1.44. The molecule has 5 heteroatoms. The van der Waals surface area contributed by atoms with Crippen molar-refractivity contribution in [2.45, 2.75) is 26.2 Å². The summed E-state index contributed by atoms with van der Waals surface area (Å²) in [6.45, 7) is 4.45. The van der Waals surface area contributed by atoms with E-state index in [9.17, 15) is 9.18 Å². The highest BCUT2D eigenvalue weighted by Gasteiger charge is 2.21. The summed E-state index contributed by atoms with van der Waals surface area (Å²) in [5.41, 5.74) is 6.37. The van der Waals surface area contributed by atoms with Gasteiger partial charge in [0.15, 0.2) is 0 Å². The molecule has 0 bridgehead atoms. The first kappa shape index (κ1) is 25.2. The van der Waals surface area contributed by atoms with E-state index in [1.54, 1.807) is 28.9 Å². The zero-order chi connectivity index (χ0) is 26.5. The second-order valence-electron chi connectivity index (χ2n) is 9.51. The zero-order valence-corrected chi connectivity index (χ0v) is 21.6. The van der Waals surface area contributed by atoms with Gasteiger partial charge in [0.2, 0.25) is 0 Å². The van der Waals surface area contributed by atoms with Crippen LogP contribution < -0.4 is 5.32 Å². The van der Waals surface area contributed by atoms with Gasteiger partial charge in [0, 0.05) is 18.0 Å². The monoisotopic (exact) mass is 503 g/mol. The van der Waals surface area contributed by atoms with Gasteiger partial charge in [0.05, 0.1) is 11.4 Å². The molecule has 0 aliphatic rings. The lowest BCUT2D eigenvalue weighted by atomic mass is 9.88. The molecule has 0 saturated carbocycles. The van der Waals surface area contributed by atoms with Gasteiger partial charge < -0.3 is 5.32 Å². The minimum absolute atomic E-state index is 0.149. The van der Waals surface area contributed by atoms with Crippen LogP contribution in [0, 0.1) is 19.7 Å². The van der Waals surface area contributed by atoms with E-state index in [4.69, 9.17) is 0 Å². The lowest BCUT2D eigenvalue weighted by Crippen LogP contribution is -2.28. The minimum atomic E-state index is -0.376. The number of nitrogens with one attached hydrogen (secondary N) is 1. The number of benzene rings is 4. The summed E-state index contributed by atoms with van der Waals surface area (Å²) in [5, 5.41) is 7.79. The normalized spacial score (nSPS) is 11.1. The van der Waals surface area contributed by atoms with E-state index < -0.39 is 0 Å². The van der Waals surface area contributed by atoms with Gasteiger partial charge in [-0.15, -0.1) is 0 Å². The molecular weight excluding hydrogens is 473 g/mol. The van der Waals surface area contributed by atoms with Gasteiger partial charge in [0.25, 0.3) is 5.91 Å².